The molecule has 1 aromatic rings. The van der Waals surface area contributed by atoms with Gasteiger partial charge in [-0.2, -0.15) is 0 Å². The average molecular weight is 327 g/mol. The Morgan fingerprint density at radius 1 is 1.29 bits per heavy atom. The van der Waals surface area contributed by atoms with Crippen LogP contribution in [-0.4, -0.2) is 35.5 Å². The molecular weight excluding hydrogens is 306 g/mol. The van der Waals surface area contributed by atoms with Crippen LogP contribution in [0.25, 0.3) is 5.57 Å². The quantitative estimate of drug-likeness (QED) is 0.857. The van der Waals surface area contributed by atoms with Crippen molar-refractivity contribution in [3.05, 3.63) is 35.4 Å². The molecule has 5 nitrogen and oxygen atoms in total. The lowest BCUT2D eigenvalue weighted by Gasteiger charge is -2.40. The Bertz CT molecular complexity index is 795. The third-order valence-corrected chi connectivity index (χ3v) is 5.44. The summed E-state index contributed by atoms with van der Waals surface area (Å²) < 4.78 is 5.42. The molecule has 3 aliphatic rings. The van der Waals surface area contributed by atoms with Gasteiger partial charge in [0.05, 0.1) is 30.4 Å². The van der Waals surface area contributed by atoms with E-state index in [1.165, 1.54) is 0 Å². The topological polar surface area (TPSA) is 66.8 Å². The van der Waals surface area contributed by atoms with Crippen LogP contribution in [0.1, 0.15) is 38.3 Å². The van der Waals surface area contributed by atoms with Gasteiger partial charge in [-0.15, -0.1) is 0 Å². The Morgan fingerprint density at radius 3 is 2.75 bits per heavy atom. The van der Waals surface area contributed by atoms with Crippen LogP contribution in [0.4, 0.5) is 5.69 Å². The molecule has 4 rings (SSSR count). The first kappa shape index (κ1) is 15.5. The van der Waals surface area contributed by atoms with Gasteiger partial charge in [0.25, 0.3) is 5.91 Å². The monoisotopic (exact) mass is 327 g/mol. The van der Waals surface area contributed by atoms with E-state index in [4.69, 9.17) is 4.74 Å². The van der Waals surface area contributed by atoms with Crippen molar-refractivity contribution >= 4 is 23.0 Å². The number of nitrogens with zero attached hydrogens (tertiary/aromatic N) is 1. The van der Waals surface area contributed by atoms with Gasteiger partial charge in [-0.25, -0.2) is 0 Å². The number of amides is 1. The molecule has 1 fully saturated rings. The summed E-state index contributed by atoms with van der Waals surface area (Å²) in [6.07, 6.45) is 2.26. The van der Waals surface area contributed by atoms with Gasteiger partial charge in [-0.1, -0.05) is 24.3 Å². The van der Waals surface area contributed by atoms with Crippen LogP contribution in [0.15, 0.2) is 24.3 Å². The molecule has 5 heteroatoms. The second-order valence-corrected chi connectivity index (χ2v) is 7.43. The van der Waals surface area contributed by atoms with Crippen LogP contribution in [0.3, 0.4) is 0 Å². The first-order valence-electron chi connectivity index (χ1n) is 8.29. The van der Waals surface area contributed by atoms with Crippen molar-refractivity contribution in [1.82, 2.24) is 0 Å². The number of carbonyl (C=O) groups is 2. The molecule has 1 aromatic carbocycles. The highest BCUT2D eigenvalue weighted by Crippen LogP contribution is 2.53. The lowest BCUT2D eigenvalue weighted by Crippen LogP contribution is -2.56. The van der Waals surface area contributed by atoms with Crippen LogP contribution >= 0.6 is 0 Å². The largest absolute Gasteiger partial charge is 0.380 e. The van der Waals surface area contributed by atoms with Crippen molar-refractivity contribution in [2.24, 2.45) is 5.92 Å². The predicted octanol–water partition coefficient (Wildman–Crippen LogP) is 2.02. The number of ketones is 1. The second kappa shape index (κ2) is 4.77. The van der Waals surface area contributed by atoms with E-state index in [1.807, 2.05) is 39.0 Å². The Kier molecular flexibility index (Phi) is 3.09. The third-order valence-electron chi connectivity index (χ3n) is 5.44. The van der Waals surface area contributed by atoms with E-state index in [0.29, 0.717) is 12.2 Å². The van der Waals surface area contributed by atoms with Crippen molar-refractivity contribution in [3.8, 4) is 0 Å². The summed E-state index contributed by atoms with van der Waals surface area (Å²) in [4.78, 5) is 27.4. The number of allylic oxidation sites excluding steroid dienone is 1. The molecule has 1 saturated heterocycles. The van der Waals surface area contributed by atoms with Crippen LogP contribution < -0.4 is 4.90 Å². The summed E-state index contributed by atoms with van der Waals surface area (Å²) in [6.45, 7) is 6.32. The zero-order valence-corrected chi connectivity index (χ0v) is 14.1. The molecule has 0 spiro atoms. The van der Waals surface area contributed by atoms with E-state index in [2.05, 4.69) is 0 Å². The predicted molar refractivity (Wildman–Crippen MR) is 89.5 cm³/mol. The van der Waals surface area contributed by atoms with Crippen molar-refractivity contribution < 1.29 is 19.4 Å². The molecular formula is C19H21NO4. The molecule has 24 heavy (non-hydrogen) atoms. The molecule has 1 amide bonds. The molecule has 3 heterocycles. The number of hydrogen-bond acceptors (Lipinski definition) is 4. The van der Waals surface area contributed by atoms with Gasteiger partial charge in [0, 0.05) is 17.5 Å². The number of benzene rings is 1. The Balaban J connectivity index is 1.97. The summed E-state index contributed by atoms with van der Waals surface area (Å²) in [5.41, 5.74) is 0.839. The fourth-order valence-electron chi connectivity index (χ4n) is 4.35. The fourth-order valence-corrected chi connectivity index (χ4v) is 4.35. The SMILES string of the molecule is CC1=CC(C)(C)N2C(=O)C(O)(C3COCCC3=O)c3cccc1c32. The molecule has 3 aliphatic heterocycles. The number of Topliss-reactive ketones (excluding diaryl/α,β-unsaturated/α-hetero) is 1. The lowest BCUT2D eigenvalue weighted by molar-refractivity contribution is -0.159. The Labute approximate surface area is 140 Å². The fraction of sp³-hybridized carbons (Fsp3) is 0.474. The smallest absolute Gasteiger partial charge is 0.265 e. The average Bonchev–Trinajstić information content (AvgIpc) is 2.76. The summed E-state index contributed by atoms with van der Waals surface area (Å²) in [6, 6.07) is 5.54. The first-order chi connectivity index (χ1) is 11.3. The summed E-state index contributed by atoms with van der Waals surface area (Å²) in [5.74, 6) is -1.40. The highest BCUT2D eigenvalue weighted by atomic mass is 16.5. The zero-order valence-electron chi connectivity index (χ0n) is 14.1. The number of hydrogen-bond donors (Lipinski definition) is 1. The minimum absolute atomic E-state index is 0.0748. The highest BCUT2D eigenvalue weighted by molar-refractivity contribution is 6.13. The van der Waals surface area contributed by atoms with Crippen molar-refractivity contribution in [2.75, 3.05) is 18.1 Å². The molecule has 0 bridgehead atoms. The number of carbonyl (C=O) groups excluding carboxylic acids is 2. The number of ether oxygens (including phenoxy) is 1. The minimum Gasteiger partial charge on any atom is -0.380 e. The number of rotatable bonds is 1. The summed E-state index contributed by atoms with van der Waals surface area (Å²) >= 11 is 0. The van der Waals surface area contributed by atoms with Gasteiger partial charge in [0.15, 0.2) is 5.60 Å². The van der Waals surface area contributed by atoms with E-state index in [0.717, 1.165) is 16.8 Å². The molecule has 1 N–H and O–H groups in total. The number of anilines is 1. The number of para-hydroxylation sites is 1. The number of aliphatic hydroxyl groups is 1. The van der Waals surface area contributed by atoms with E-state index in [9.17, 15) is 14.7 Å². The molecule has 2 atom stereocenters. The van der Waals surface area contributed by atoms with Gasteiger partial charge in [-0.3, -0.25) is 14.5 Å². The summed E-state index contributed by atoms with van der Waals surface area (Å²) in [5, 5.41) is 11.5. The van der Waals surface area contributed by atoms with Gasteiger partial charge in [0.1, 0.15) is 5.78 Å². The molecule has 0 saturated carbocycles. The zero-order chi connectivity index (χ0) is 17.3. The van der Waals surface area contributed by atoms with Gasteiger partial charge in [-0.05, 0) is 26.3 Å². The van der Waals surface area contributed by atoms with Crippen molar-refractivity contribution in [3.63, 3.8) is 0 Å². The molecule has 0 radical (unpaired) electrons. The highest BCUT2D eigenvalue weighted by Gasteiger charge is 2.60. The van der Waals surface area contributed by atoms with E-state index < -0.39 is 23.0 Å². The second-order valence-electron chi connectivity index (χ2n) is 7.43. The van der Waals surface area contributed by atoms with Crippen LogP contribution in [0, 0.1) is 5.92 Å². The first-order valence-corrected chi connectivity index (χ1v) is 8.29. The maximum Gasteiger partial charge on any atom is 0.265 e. The Hall–Kier alpha value is -1.98. The van der Waals surface area contributed by atoms with Crippen LogP contribution in [-0.2, 0) is 19.9 Å². The molecule has 0 aliphatic carbocycles. The van der Waals surface area contributed by atoms with Gasteiger partial charge in [0.2, 0.25) is 0 Å². The van der Waals surface area contributed by atoms with E-state index >= 15 is 0 Å². The molecule has 126 valence electrons. The molecule has 0 aromatic heterocycles. The normalized spacial score (nSPS) is 31.1. The maximum atomic E-state index is 13.3. The van der Waals surface area contributed by atoms with Gasteiger partial charge < -0.3 is 9.84 Å². The van der Waals surface area contributed by atoms with Gasteiger partial charge >= 0.3 is 0 Å². The van der Waals surface area contributed by atoms with Crippen molar-refractivity contribution in [1.29, 1.82) is 0 Å². The third kappa shape index (κ3) is 1.77. The minimum atomic E-state index is -1.85. The molecule has 2 unspecified atom stereocenters. The lowest BCUT2D eigenvalue weighted by atomic mass is 9.78. The van der Waals surface area contributed by atoms with Crippen LogP contribution in [0.5, 0.6) is 0 Å². The van der Waals surface area contributed by atoms with E-state index in [-0.39, 0.29) is 18.8 Å². The Morgan fingerprint density at radius 2 is 2.04 bits per heavy atom. The maximum absolute atomic E-state index is 13.3. The standard InChI is InChI=1S/C19H21NO4/c1-11-9-18(2,3)20-16-12(11)5-4-6-13(16)19(23,17(20)22)14-10-24-8-7-15(14)21/h4-6,9,14,23H,7-8,10H2,1-3H3. The van der Waals surface area contributed by atoms with Crippen LogP contribution in [0.2, 0.25) is 0 Å². The van der Waals surface area contributed by atoms with E-state index in [1.54, 1.807) is 11.0 Å². The van der Waals surface area contributed by atoms with Crippen molar-refractivity contribution in [2.45, 2.75) is 38.3 Å². The summed E-state index contributed by atoms with van der Waals surface area (Å²) in [7, 11) is 0.